The van der Waals surface area contributed by atoms with E-state index in [0.717, 1.165) is 5.69 Å². The van der Waals surface area contributed by atoms with Gasteiger partial charge < -0.3 is 15.6 Å². The quantitative estimate of drug-likeness (QED) is 0.621. The number of aryl methyl sites for hydroxylation is 1. The monoisotopic (exact) mass is 249 g/mol. The predicted molar refractivity (Wildman–Crippen MR) is 63.9 cm³/mol. The van der Waals surface area contributed by atoms with E-state index in [2.05, 4.69) is 15.5 Å². The molecule has 8 nitrogen and oxygen atoms in total. The Morgan fingerprint density at radius 2 is 2.33 bits per heavy atom. The summed E-state index contributed by atoms with van der Waals surface area (Å²) in [7, 11) is 0. The maximum Gasteiger partial charge on any atom is 0.311 e. The van der Waals surface area contributed by atoms with Crippen LogP contribution in [0.3, 0.4) is 0 Å². The van der Waals surface area contributed by atoms with Gasteiger partial charge in [-0.15, -0.1) is 0 Å². The first-order valence-corrected chi connectivity index (χ1v) is 5.13. The van der Waals surface area contributed by atoms with E-state index in [1.165, 1.54) is 12.1 Å². The highest BCUT2D eigenvalue weighted by Gasteiger charge is 2.12. The Morgan fingerprint density at radius 3 is 2.89 bits per heavy atom. The molecule has 8 heteroatoms. The highest BCUT2D eigenvalue weighted by atomic mass is 16.6. The molecule has 2 aromatic heterocycles. The van der Waals surface area contributed by atoms with Crippen molar-refractivity contribution in [2.24, 2.45) is 0 Å². The topological polar surface area (TPSA) is 120 Å². The highest BCUT2D eigenvalue weighted by Crippen LogP contribution is 2.20. The fourth-order valence-corrected chi connectivity index (χ4v) is 1.40. The van der Waals surface area contributed by atoms with E-state index in [4.69, 9.17) is 10.3 Å². The van der Waals surface area contributed by atoms with Crippen LogP contribution in [0.25, 0.3) is 0 Å². The van der Waals surface area contributed by atoms with Crippen LogP contribution in [-0.2, 0) is 6.54 Å². The summed E-state index contributed by atoms with van der Waals surface area (Å²) in [5, 5.41) is 17.2. The van der Waals surface area contributed by atoms with Crippen molar-refractivity contribution in [2.45, 2.75) is 13.5 Å². The van der Waals surface area contributed by atoms with Gasteiger partial charge in [0.25, 0.3) is 0 Å². The minimum Gasteiger partial charge on any atom is -0.378 e. The second-order valence-electron chi connectivity index (χ2n) is 3.65. The minimum absolute atomic E-state index is 0.126. The zero-order valence-electron chi connectivity index (χ0n) is 9.58. The van der Waals surface area contributed by atoms with E-state index in [9.17, 15) is 10.1 Å². The van der Waals surface area contributed by atoms with Gasteiger partial charge in [-0.1, -0.05) is 5.16 Å². The van der Waals surface area contributed by atoms with Crippen LogP contribution in [0.4, 0.5) is 17.3 Å². The van der Waals surface area contributed by atoms with Crippen molar-refractivity contribution in [3.8, 4) is 0 Å². The number of hydrogen-bond acceptors (Lipinski definition) is 7. The predicted octanol–water partition coefficient (Wildman–Crippen LogP) is 1.48. The molecule has 2 rings (SSSR count). The van der Waals surface area contributed by atoms with Crippen LogP contribution >= 0.6 is 0 Å². The van der Waals surface area contributed by atoms with Gasteiger partial charge in [-0.3, -0.25) is 10.1 Å². The molecule has 0 aliphatic carbocycles. The third-order valence-electron chi connectivity index (χ3n) is 2.22. The maximum atomic E-state index is 10.6. The summed E-state index contributed by atoms with van der Waals surface area (Å²) in [6, 6.07) is 4.57. The van der Waals surface area contributed by atoms with Crippen molar-refractivity contribution in [2.75, 3.05) is 11.1 Å². The number of nitrogens with zero attached hydrogens (tertiary/aromatic N) is 3. The standard InChI is InChI=1S/C10H11N5O3/c1-6-4-7(18-14-6)5-12-9-3-2-8(15(16)17)10(11)13-9/h2-4H,5H2,1H3,(H3,11,12,13). The molecule has 0 fully saturated rings. The molecule has 0 saturated heterocycles. The molecule has 0 aliphatic rings. The van der Waals surface area contributed by atoms with Crippen molar-refractivity contribution < 1.29 is 9.45 Å². The number of nitrogen functional groups attached to an aromatic ring is 1. The van der Waals surface area contributed by atoms with Crippen LogP contribution in [0, 0.1) is 17.0 Å². The van der Waals surface area contributed by atoms with E-state index in [1.54, 1.807) is 6.07 Å². The van der Waals surface area contributed by atoms with E-state index >= 15 is 0 Å². The van der Waals surface area contributed by atoms with Crippen LogP contribution in [-0.4, -0.2) is 15.1 Å². The van der Waals surface area contributed by atoms with E-state index in [-0.39, 0.29) is 11.5 Å². The minimum atomic E-state index is -0.577. The normalized spacial score (nSPS) is 10.3. The van der Waals surface area contributed by atoms with Gasteiger partial charge in [0.05, 0.1) is 17.2 Å². The molecule has 94 valence electrons. The molecule has 0 saturated carbocycles. The Labute approximate surface area is 102 Å². The highest BCUT2D eigenvalue weighted by molar-refractivity contribution is 5.57. The first kappa shape index (κ1) is 11.8. The lowest BCUT2D eigenvalue weighted by Gasteiger charge is -2.03. The molecule has 0 aliphatic heterocycles. The summed E-state index contributed by atoms with van der Waals surface area (Å²) in [5.41, 5.74) is 6.04. The number of hydrogen-bond donors (Lipinski definition) is 2. The van der Waals surface area contributed by atoms with Crippen LogP contribution in [0.2, 0.25) is 0 Å². The second-order valence-corrected chi connectivity index (χ2v) is 3.65. The molecule has 2 aromatic rings. The lowest BCUT2D eigenvalue weighted by molar-refractivity contribution is -0.384. The van der Waals surface area contributed by atoms with Crippen LogP contribution in [0.5, 0.6) is 0 Å². The molecular weight excluding hydrogens is 238 g/mol. The SMILES string of the molecule is Cc1cc(CNc2ccc([N+](=O)[O-])c(N)n2)on1. The molecule has 0 amide bonds. The van der Waals surface area contributed by atoms with Crippen molar-refractivity contribution in [1.29, 1.82) is 0 Å². The number of nitro groups is 1. The Balaban J connectivity index is 2.06. The van der Waals surface area contributed by atoms with Gasteiger partial charge in [0.15, 0.2) is 5.76 Å². The van der Waals surface area contributed by atoms with Crippen LogP contribution < -0.4 is 11.1 Å². The number of rotatable bonds is 4. The molecular formula is C10H11N5O3. The van der Waals surface area contributed by atoms with E-state index < -0.39 is 4.92 Å². The molecule has 0 radical (unpaired) electrons. The average molecular weight is 249 g/mol. The fourth-order valence-electron chi connectivity index (χ4n) is 1.40. The fraction of sp³-hybridized carbons (Fsp3) is 0.200. The largest absolute Gasteiger partial charge is 0.378 e. The summed E-state index contributed by atoms with van der Waals surface area (Å²) in [4.78, 5) is 13.9. The van der Waals surface area contributed by atoms with Crippen LogP contribution in [0.1, 0.15) is 11.5 Å². The Bertz CT molecular complexity index is 581. The van der Waals surface area contributed by atoms with Gasteiger partial charge in [-0.05, 0) is 13.0 Å². The van der Waals surface area contributed by atoms with Crippen molar-refractivity contribution in [3.05, 3.63) is 39.8 Å². The summed E-state index contributed by atoms with van der Waals surface area (Å²) >= 11 is 0. The summed E-state index contributed by atoms with van der Waals surface area (Å²) in [6.45, 7) is 2.19. The Hall–Kier alpha value is -2.64. The van der Waals surface area contributed by atoms with Gasteiger partial charge in [0.2, 0.25) is 5.82 Å². The first-order chi connectivity index (χ1) is 8.56. The second kappa shape index (κ2) is 4.70. The summed E-state index contributed by atoms with van der Waals surface area (Å²) in [5.74, 6) is 0.956. The molecule has 3 N–H and O–H groups in total. The van der Waals surface area contributed by atoms with Crippen molar-refractivity contribution in [3.63, 3.8) is 0 Å². The number of pyridine rings is 1. The molecule has 0 aromatic carbocycles. The van der Waals surface area contributed by atoms with E-state index in [1.807, 2.05) is 6.92 Å². The number of nitrogens with one attached hydrogen (secondary N) is 1. The number of aromatic nitrogens is 2. The van der Waals surface area contributed by atoms with Gasteiger partial charge in [0.1, 0.15) is 5.82 Å². The van der Waals surface area contributed by atoms with Crippen molar-refractivity contribution >= 4 is 17.3 Å². The van der Waals surface area contributed by atoms with Gasteiger partial charge in [-0.2, -0.15) is 0 Å². The molecule has 18 heavy (non-hydrogen) atoms. The average Bonchev–Trinajstić information content (AvgIpc) is 2.72. The van der Waals surface area contributed by atoms with Gasteiger partial charge >= 0.3 is 5.69 Å². The van der Waals surface area contributed by atoms with E-state index in [0.29, 0.717) is 18.1 Å². The molecule has 0 bridgehead atoms. The Morgan fingerprint density at radius 1 is 1.56 bits per heavy atom. The lowest BCUT2D eigenvalue weighted by atomic mass is 10.3. The molecule has 2 heterocycles. The van der Waals surface area contributed by atoms with Gasteiger partial charge in [0, 0.05) is 12.1 Å². The maximum absolute atomic E-state index is 10.6. The molecule has 0 atom stereocenters. The first-order valence-electron chi connectivity index (χ1n) is 5.13. The third-order valence-corrected chi connectivity index (χ3v) is 2.22. The third kappa shape index (κ3) is 2.54. The lowest BCUT2D eigenvalue weighted by Crippen LogP contribution is -2.04. The summed E-state index contributed by atoms with van der Waals surface area (Å²) < 4.78 is 5.00. The number of nitrogens with two attached hydrogens (primary N) is 1. The van der Waals surface area contributed by atoms with Crippen molar-refractivity contribution in [1.82, 2.24) is 10.1 Å². The molecule has 0 unspecified atom stereocenters. The molecule has 0 spiro atoms. The smallest absolute Gasteiger partial charge is 0.311 e. The summed E-state index contributed by atoms with van der Waals surface area (Å²) in [6.07, 6.45) is 0. The van der Waals surface area contributed by atoms with Crippen LogP contribution in [0.15, 0.2) is 22.7 Å². The zero-order chi connectivity index (χ0) is 13.1. The zero-order valence-corrected chi connectivity index (χ0v) is 9.58. The number of anilines is 2. The Kier molecular flexibility index (Phi) is 3.09. The van der Waals surface area contributed by atoms with Gasteiger partial charge in [-0.25, -0.2) is 4.98 Å².